The van der Waals surface area contributed by atoms with Crippen LogP contribution >= 0.6 is 11.6 Å². The van der Waals surface area contributed by atoms with Crippen LogP contribution in [0.1, 0.15) is 30.5 Å². The van der Waals surface area contributed by atoms with Crippen molar-refractivity contribution in [2.75, 3.05) is 26.7 Å². The fourth-order valence-electron chi connectivity index (χ4n) is 3.84. The zero-order chi connectivity index (χ0) is 18.3. The molecule has 0 saturated carbocycles. The minimum Gasteiger partial charge on any atom is -0.312 e. The fourth-order valence-corrected chi connectivity index (χ4v) is 5.77. The number of benzene rings is 1. The molecular weight excluding hydrogens is 374 g/mol. The Morgan fingerprint density at radius 1 is 1.12 bits per heavy atom. The molecule has 2 aliphatic heterocycles. The molecule has 0 aliphatic carbocycles. The van der Waals surface area contributed by atoms with Crippen LogP contribution < -0.4 is 0 Å². The van der Waals surface area contributed by atoms with Gasteiger partial charge in [0.05, 0.1) is 11.1 Å². The van der Waals surface area contributed by atoms with Crippen LogP contribution in [0.25, 0.3) is 0 Å². The first kappa shape index (κ1) is 17.9. The van der Waals surface area contributed by atoms with E-state index < -0.39 is 10.0 Å². The smallest absolute Gasteiger partial charge is 0.244 e. The van der Waals surface area contributed by atoms with Gasteiger partial charge in [-0.15, -0.1) is 10.2 Å². The maximum Gasteiger partial charge on any atom is 0.244 e. The summed E-state index contributed by atoms with van der Waals surface area (Å²) >= 11 is 6.13. The Morgan fingerprint density at radius 2 is 1.92 bits per heavy atom. The second kappa shape index (κ2) is 6.92. The first-order chi connectivity index (χ1) is 12.5. The Bertz CT molecular complexity index is 914. The SMILES string of the molecule is CN1CCCC1c1nnc2n1CCN(S(=O)(=O)c1ccccc1Cl)CC2. The lowest BCUT2D eigenvalue weighted by atomic mass is 10.2. The highest BCUT2D eigenvalue weighted by Crippen LogP contribution is 2.31. The Hall–Kier alpha value is -1.48. The quantitative estimate of drug-likeness (QED) is 0.794. The summed E-state index contributed by atoms with van der Waals surface area (Å²) in [5.41, 5.74) is 0. The third kappa shape index (κ3) is 3.05. The highest BCUT2D eigenvalue weighted by atomic mass is 35.5. The summed E-state index contributed by atoms with van der Waals surface area (Å²) < 4.78 is 29.6. The molecule has 2 aliphatic rings. The van der Waals surface area contributed by atoms with Crippen LogP contribution in [0.4, 0.5) is 0 Å². The van der Waals surface area contributed by atoms with Crippen LogP contribution in [0, 0.1) is 0 Å². The van der Waals surface area contributed by atoms with Crippen LogP contribution in [0.5, 0.6) is 0 Å². The second-order valence-corrected chi connectivity index (χ2v) is 9.16. The van der Waals surface area contributed by atoms with E-state index in [1.165, 1.54) is 4.31 Å². The molecule has 1 aromatic carbocycles. The molecule has 0 amide bonds. The second-order valence-electron chi connectivity index (χ2n) is 6.85. The number of halogens is 1. The molecule has 4 rings (SSSR count). The Balaban J connectivity index is 1.59. The monoisotopic (exact) mass is 395 g/mol. The van der Waals surface area contributed by atoms with Gasteiger partial charge in [-0.1, -0.05) is 23.7 Å². The van der Waals surface area contributed by atoms with Gasteiger partial charge in [0.1, 0.15) is 16.5 Å². The van der Waals surface area contributed by atoms with Gasteiger partial charge in [-0.05, 0) is 38.6 Å². The molecule has 1 atom stereocenters. The fraction of sp³-hybridized carbons (Fsp3) is 0.529. The van der Waals surface area contributed by atoms with Gasteiger partial charge < -0.3 is 4.57 Å². The van der Waals surface area contributed by atoms with Crippen molar-refractivity contribution in [1.82, 2.24) is 24.0 Å². The van der Waals surface area contributed by atoms with E-state index in [2.05, 4.69) is 26.7 Å². The van der Waals surface area contributed by atoms with E-state index in [1.807, 2.05) is 0 Å². The topological polar surface area (TPSA) is 71.3 Å². The van der Waals surface area contributed by atoms with Crippen molar-refractivity contribution in [3.8, 4) is 0 Å². The van der Waals surface area contributed by atoms with Crippen LogP contribution in [-0.4, -0.2) is 59.1 Å². The molecule has 0 spiro atoms. The number of fused-ring (bicyclic) bond motifs is 1. The summed E-state index contributed by atoms with van der Waals surface area (Å²) in [6.07, 6.45) is 2.76. The molecule has 26 heavy (non-hydrogen) atoms. The average molecular weight is 396 g/mol. The van der Waals surface area contributed by atoms with E-state index in [0.29, 0.717) is 26.1 Å². The number of hydrogen-bond acceptors (Lipinski definition) is 5. The third-order valence-electron chi connectivity index (χ3n) is 5.29. The largest absolute Gasteiger partial charge is 0.312 e. The number of hydrogen-bond donors (Lipinski definition) is 0. The number of nitrogens with zero attached hydrogens (tertiary/aromatic N) is 5. The maximum absolute atomic E-state index is 13.0. The molecule has 0 N–H and O–H groups in total. The summed E-state index contributed by atoms with van der Waals surface area (Å²) in [5, 5.41) is 9.01. The van der Waals surface area contributed by atoms with E-state index >= 15 is 0 Å². The molecule has 3 heterocycles. The lowest BCUT2D eigenvalue weighted by molar-refractivity contribution is 0.295. The van der Waals surface area contributed by atoms with Crippen LogP contribution in [-0.2, 0) is 23.0 Å². The zero-order valence-electron chi connectivity index (χ0n) is 14.7. The zero-order valence-corrected chi connectivity index (χ0v) is 16.2. The average Bonchev–Trinajstić information content (AvgIpc) is 3.14. The molecular formula is C17H22ClN5O2S. The van der Waals surface area contributed by atoms with Crippen molar-refractivity contribution in [2.24, 2.45) is 0 Å². The van der Waals surface area contributed by atoms with Crippen LogP contribution in [0.15, 0.2) is 29.2 Å². The Labute approximate surface area is 158 Å². The molecule has 140 valence electrons. The summed E-state index contributed by atoms with van der Waals surface area (Å²) in [5.74, 6) is 1.81. The van der Waals surface area contributed by atoms with Crippen molar-refractivity contribution < 1.29 is 8.42 Å². The molecule has 1 aromatic heterocycles. The molecule has 9 heteroatoms. The van der Waals surface area contributed by atoms with Gasteiger partial charge in [0.25, 0.3) is 0 Å². The lowest BCUT2D eigenvalue weighted by Crippen LogP contribution is -2.34. The summed E-state index contributed by atoms with van der Waals surface area (Å²) in [7, 11) is -1.52. The predicted molar refractivity (Wildman–Crippen MR) is 98.5 cm³/mol. The van der Waals surface area contributed by atoms with E-state index in [1.54, 1.807) is 24.3 Å². The Kier molecular flexibility index (Phi) is 4.77. The number of sulfonamides is 1. The van der Waals surface area contributed by atoms with Crippen molar-refractivity contribution in [3.05, 3.63) is 40.9 Å². The first-order valence-corrected chi connectivity index (χ1v) is 10.7. The lowest BCUT2D eigenvalue weighted by Gasteiger charge is -2.22. The standard InChI is InChI=1S/C17H22ClN5O2S/c1-21-9-4-6-14(21)17-20-19-16-8-10-22(11-12-23(16)17)26(24,25)15-7-3-2-5-13(15)18/h2-3,5,7,14H,4,6,8-12H2,1H3. The molecule has 0 radical (unpaired) electrons. The first-order valence-electron chi connectivity index (χ1n) is 8.85. The Morgan fingerprint density at radius 3 is 2.65 bits per heavy atom. The maximum atomic E-state index is 13.0. The minimum atomic E-state index is -3.62. The number of aromatic nitrogens is 3. The van der Waals surface area contributed by atoms with Gasteiger partial charge in [0, 0.05) is 26.1 Å². The van der Waals surface area contributed by atoms with E-state index in [0.717, 1.165) is 31.0 Å². The highest BCUT2D eigenvalue weighted by molar-refractivity contribution is 7.89. The van der Waals surface area contributed by atoms with Gasteiger partial charge >= 0.3 is 0 Å². The van der Waals surface area contributed by atoms with Gasteiger partial charge in [-0.2, -0.15) is 4.31 Å². The molecule has 1 fully saturated rings. The van der Waals surface area contributed by atoms with Gasteiger partial charge in [-0.3, -0.25) is 4.90 Å². The third-order valence-corrected chi connectivity index (χ3v) is 7.69. The summed E-state index contributed by atoms with van der Waals surface area (Å²) in [4.78, 5) is 2.45. The summed E-state index contributed by atoms with van der Waals surface area (Å²) in [6, 6.07) is 6.86. The van der Waals surface area contributed by atoms with E-state index in [-0.39, 0.29) is 16.0 Å². The molecule has 0 bridgehead atoms. The number of likely N-dealkylation sites (tertiary alicyclic amines) is 1. The van der Waals surface area contributed by atoms with E-state index in [4.69, 9.17) is 11.6 Å². The predicted octanol–water partition coefficient (Wildman–Crippen LogP) is 1.95. The molecule has 2 aromatic rings. The van der Waals surface area contributed by atoms with Gasteiger partial charge in [-0.25, -0.2) is 8.42 Å². The molecule has 1 unspecified atom stereocenters. The highest BCUT2D eigenvalue weighted by Gasteiger charge is 2.32. The van der Waals surface area contributed by atoms with Crippen LogP contribution in [0.3, 0.4) is 0 Å². The van der Waals surface area contributed by atoms with Crippen molar-refractivity contribution in [1.29, 1.82) is 0 Å². The van der Waals surface area contributed by atoms with Gasteiger partial charge in [0.2, 0.25) is 10.0 Å². The minimum absolute atomic E-state index is 0.162. The molecule has 1 saturated heterocycles. The molecule has 7 nitrogen and oxygen atoms in total. The number of rotatable bonds is 3. The normalized spacial score (nSPS) is 22.3. The van der Waals surface area contributed by atoms with Crippen molar-refractivity contribution >= 4 is 21.6 Å². The summed E-state index contributed by atoms with van der Waals surface area (Å²) in [6.45, 7) is 2.39. The van der Waals surface area contributed by atoms with Crippen molar-refractivity contribution in [2.45, 2.75) is 36.7 Å². The van der Waals surface area contributed by atoms with Gasteiger partial charge in [0.15, 0.2) is 0 Å². The van der Waals surface area contributed by atoms with Crippen molar-refractivity contribution in [3.63, 3.8) is 0 Å². The van der Waals surface area contributed by atoms with Crippen LogP contribution in [0.2, 0.25) is 5.02 Å². The van der Waals surface area contributed by atoms with E-state index in [9.17, 15) is 8.42 Å².